The van der Waals surface area contributed by atoms with Crippen LogP contribution in [0.5, 0.6) is 0 Å². The highest BCUT2D eigenvalue weighted by Gasteiger charge is 2.08. The topological polar surface area (TPSA) is 95.1 Å². The number of nitrogens with two attached hydrogens (primary N) is 1. The summed E-state index contributed by atoms with van der Waals surface area (Å²) in [7, 11) is 0. The van der Waals surface area contributed by atoms with Gasteiger partial charge >= 0.3 is 0 Å². The van der Waals surface area contributed by atoms with Gasteiger partial charge in [0.05, 0.1) is 18.0 Å². The molecular formula is C12H15N5O2. The van der Waals surface area contributed by atoms with E-state index in [2.05, 4.69) is 15.4 Å². The van der Waals surface area contributed by atoms with Gasteiger partial charge in [0, 0.05) is 6.54 Å². The van der Waals surface area contributed by atoms with Crippen LogP contribution in [0.25, 0.3) is 5.69 Å². The lowest BCUT2D eigenvalue weighted by Gasteiger charge is -2.10. The third-order valence-corrected chi connectivity index (χ3v) is 2.34. The Morgan fingerprint density at radius 1 is 1.42 bits per heavy atom. The second-order valence-electron chi connectivity index (χ2n) is 3.75. The van der Waals surface area contributed by atoms with Gasteiger partial charge < -0.3 is 15.8 Å². The first-order chi connectivity index (χ1) is 9.31. The van der Waals surface area contributed by atoms with E-state index in [9.17, 15) is 4.79 Å². The fraction of sp³-hybridized carbons (Fsp3) is 0.250. The number of carbonyl (C=O) groups is 1. The number of para-hydroxylation sites is 2. The number of nitrogens with one attached hydrogen (secondary N) is 1. The molecule has 7 heteroatoms. The molecule has 1 aromatic heterocycles. The zero-order valence-electron chi connectivity index (χ0n) is 10.3. The van der Waals surface area contributed by atoms with Crippen molar-refractivity contribution in [3.8, 4) is 5.69 Å². The SMILES string of the molecule is NCCOCC(=O)Nc1ccccc1-n1cncn1. The Bertz CT molecular complexity index is 527. The first-order valence-corrected chi connectivity index (χ1v) is 5.83. The van der Waals surface area contributed by atoms with E-state index >= 15 is 0 Å². The van der Waals surface area contributed by atoms with Gasteiger partial charge in [-0.15, -0.1) is 0 Å². The summed E-state index contributed by atoms with van der Waals surface area (Å²) in [5.41, 5.74) is 6.67. The number of hydrogen-bond acceptors (Lipinski definition) is 5. The molecule has 0 spiro atoms. The Balaban J connectivity index is 2.06. The van der Waals surface area contributed by atoms with Gasteiger partial charge in [-0.2, -0.15) is 5.10 Å². The van der Waals surface area contributed by atoms with Crippen molar-refractivity contribution in [2.75, 3.05) is 25.1 Å². The highest BCUT2D eigenvalue weighted by molar-refractivity contribution is 5.93. The van der Waals surface area contributed by atoms with Crippen molar-refractivity contribution < 1.29 is 9.53 Å². The molecule has 0 bridgehead atoms. The second kappa shape index (κ2) is 6.62. The molecule has 3 N–H and O–H groups in total. The summed E-state index contributed by atoms with van der Waals surface area (Å²) in [6.07, 6.45) is 3.00. The number of hydrogen-bond donors (Lipinski definition) is 2. The Morgan fingerprint density at radius 2 is 2.26 bits per heavy atom. The first-order valence-electron chi connectivity index (χ1n) is 5.83. The fourth-order valence-corrected chi connectivity index (χ4v) is 1.55. The number of amides is 1. The molecule has 2 rings (SSSR count). The lowest BCUT2D eigenvalue weighted by atomic mass is 10.2. The molecule has 7 nitrogen and oxygen atoms in total. The molecule has 1 aromatic carbocycles. The molecule has 0 saturated carbocycles. The van der Waals surface area contributed by atoms with Gasteiger partial charge in [0.2, 0.25) is 5.91 Å². The number of nitrogens with zero attached hydrogens (tertiary/aromatic N) is 3. The van der Waals surface area contributed by atoms with Gasteiger partial charge in [0.25, 0.3) is 0 Å². The number of aromatic nitrogens is 3. The Labute approximate surface area is 110 Å². The Morgan fingerprint density at radius 3 is 3.00 bits per heavy atom. The maximum absolute atomic E-state index is 11.7. The fourth-order valence-electron chi connectivity index (χ4n) is 1.55. The van der Waals surface area contributed by atoms with Crippen LogP contribution in [0.3, 0.4) is 0 Å². The van der Waals surface area contributed by atoms with Crippen molar-refractivity contribution in [2.24, 2.45) is 5.73 Å². The van der Waals surface area contributed by atoms with Crippen molar-refractivity contribution in [3.05, 3.63) is 36.9 Å². The molecule has 0 saturated heterocycles. The molecule has 100 valence electrons. The number of anilines is 1. The lowest BCUT2D eigenvalue weighted by molar-refractivity contribution is -0.120. The van der Waals surface area contributed by atoms with Crippen LogP contribution >= 0.6 is 0 Å². The minimum absolute atomic E-state index is 0.0249. The third kappa shape index (κ3) is 3.60. The van der Waals surface area contributed by atoms with E-state index in [1.165, 1.54) is 6.33 Å². The van der Waals surface area contributed by atoms with Crippen LogP contribution in [-0.2, 0) is 9.53 Å². The normalized spacial score (nSPS) is 10.4. The van der Waals surface area contributed by atoms with E-state index in [0.29, 0.717) is 18.8 Å². The van der Waals surface area contributed by atoms with E-state index in [0.717, 1.165) is 5.69 Å². The smallest absolute Gasteiger partial charge is 0.250 e. The predicted molar refractivity (Wildman–Crippen MR) is 69.9 cm³/mol. The molecule has 19 heavy (non-hydrogen) atoms. The zero-order chi connectivity index (χ0) is 13.5. The lowest BCUT2D eigenvalue weighted by Crippen LogP contribution is -2.21. The average Bonchev–Trinajstić information content (AvgIpc) is 2.93. The molecule has 0 unspecified atom stereocenters. The summed E-state index contributed by atoms with van der Waals surface area (Å²) in [4.78, 5) is 15.6. The number of carbonyl (C=O) groups excluding carboxylic acids is 1. The minimum atomic E-state index is -0.235. The van der Waals surface area contributed by atoms with E-state index < -0.39 is 0 Å². The third-order valence-electron chi connectivity index (χ3n) is 2.34. The minimum Gasteiger partial charge on any atom is -0.370 e. The standard InChI is InChI=1S/C12H15N5O2/c13-5-6-19-7-12(18)16-10-3-1-2-4-11(10)17-9-14-8-15-17/h1-4,8-9H,5-7,13H2,(H,16,18). The van der Waals surface area contributed by atoms with Gasteiger partial charge in [0.1, 0.15) is 19.3 Å². The van der Waals surface area contributed by atoms with E-state index in [-0.39, 0.29) is 12.5 Å². The van der Waals surface area contributed by atoms with Crippen molar-refractivity contribution in [1.82, 2.24) is 14.8 Å². The van der Waals surface area contributed by atoms with Crippen LogP contribution in [0.1, 0.15) is 0 Å². The van der Waals surface area contributed by atoms with Crippen LogP contribution < -0.4 is 11.1 Å². The molecule has 2 aromatic rings. The molecule has 0 aliphatic carbocycles. The van der Waals surface area contributed by atoms with E-state index in [1.54, 1.807) is 17.1 Å². The molecule has 0 radical (unpaired) electrons. The second-order valence-corrected chi connectivity index (χ2v) is 3.75. The quantitative estimate of drug-likeness (QED) is 0.723. The highest BCUT2D eigenvalue weighted by atomic mass is 16.5. The monoisotopic (exact) mass is 261 g/mol. The van der Waals surface area contributed by atoms with Crippen molar-refractivity contribution in [3.63, 3.8) is 0 Å². The van der Waals surface area contributed by atoms with E-state index in [4.69, 9.17) is 10.5 Å². The maximum Gasteiger partial charge on any atom is 0.250 e. The molecule has 0 aliphatic heterocycles. The highest BCUT2D eigenvalue weighted by Crippen LogP contribution is 2.18. The van der Waals surface area contributed by atoms with Gasteiger partial charge in [0.15, 0.2) is 0 Å². The summed E-state index contributed by atoms with van der Waals surface area (Å²) in [6.45, 7) is 0.726. The molecule has 0 atom stereocenters. The number of rotatable bonds is 6. The van der Waals surface area contributed by atoms with Crippen LogP contribution in [0, 0.1) is 0 Å². The van der Waals surface area contributed by atoms with Gasteiger partial charge in [-0.1, -0.05) is 12.1 Å². The van der Waals surface area contributed by atoms with Crippen molar-refractivity contribution in [1.29, 1.82) is 0 Å². The number of benzene rings is 1. The van der Waals surface area contributed by atoms with Gasteiger partial charge in [-0.05, 0) is 12.1 Å². The van der Waals surface area contributed by atoms with Crippen LogP contribution in [0.2, 0.25) is 0 Å². The van der Waals surface area contributed by atoms with Gasteiger partial charge in [-0.3, -0.25) is 4.79 Å². The molecule has 1 heterocycles. The van der Waals surface area contributed by atoms with Gasteiger partial charge in [-0.25, -0.2) is 9.67 Å². The maximum atomic E-state index is 11.7. The van der Waals surface area contributed by atoms with Crippen LogP contribution in [0.4, 0.5) is 5.69 Å². The Hall–Kier alpha value is -2.25. The molecular weight excluding hydrogens is 246 g/mol. The van der Waals surface area contributed by atoms with Crippen LogP contribution in [-0.4, -0.2) is 40.4 Å². The summed E-state index contributed by atoms with van der Waals surface area (Å²) >= 11 is 0. The molecule has 0 fully saturated rings. The molecule has 0 aliphatic rings. The van der Waals surface area contributed by atoms with Crippen molar-refractivity contribution in [2.45, 2.75) is 0 Å². The Kier molecular flexibility index (Phi) is 4.60. The number of ether oxygens (including phenoxy) is 1. The summed E-state index contributed by atoms with van der Waals surface area (Å²) < 4.78 is 6.66. The predicted octanol–water partition coefficient (Wildman–Crippen LogP) is 0.181. The van der Waals surface area contributed by atoms with Crippen LogP contribution in [0.15, 0.2) is 36.9 Å². The zero-order valence-corrected chi connectivity index (χ0v) is 10.3. The average molecular weight is 261 g/mol. The largest absolute Gasteiger partial charge is 0.370 e. The summed E-state index contributed by atoms with van der Waals surface area (Å²) in [5, 5.41) is 6.80. The van der Waals surface area contributed by atoms with E-state index in [1.807, 2.05) is 18.2 Å². The first kappa shape index (κ1) is 13.2. The van der Waals surface area contributed by atoms with Crippen molar-refractivity contribution >= 4 is 11.6 Å². The molecule has 1 amide bonds. The summed E-state index contributed by atoms with van der Waals surface area (Å²) in [5.74, 6) is -0.235. The summed E-state index contributed by atoms with van der Waals surface area (Å²) in [6, 6.07) is 7.32.